The molecule has 0 aliphatic carbocycles. The topological polar surface area (TPSA) is 68.4 Å². The molecule has 0 radical (unpaired) electrons. The number of carbonyl (C=O) groups excluding carboxylic acids is 1. The Balaban J connectivity index is 1.67. The maximum Gasteiger partial charge on any atom is 0.255 e. The van der Waals surface area contributed by atoms with Gasteiger partial charge in [0, 0.05) is 54.9 Å². The first-order valence-electron chi connectivity index (χ1n) is 8.07. The lowest BCUT2D eigenvalue weighted by Crippen LogP contribution is -2.44. The van der Waals surface area contributed by atoms with Gasteiger partial charge in [0.15, 0.2) is 0 Å². The number of hydrogen-bond donors (Lipinski definition) is 2. The van der Waals surface area contributed by atoms with E-state index in [1.165, 1.54) is 6.07 Å². The number of nitrogens with zero attached hydrogens (tertiary/aromatic N) is 2. The second kappa shape index (κ2) is 6.88. The van der Waals surface area contributed by atoms with Crippen molar-refractivity contribution in [2.45, 2.75) is 6.92 Å². The van der Waals surface area contributed by atoms with Gasteiger partial charge in [-0.3, -0.25) is 9.59 Å². The Morgan fingerprint density at radius 1 is 1.08 bits per heavy atom. The molecule has 6 nitrogen and oxygen atoms in total. The lowest BCUT2D eigenvalue weighted by atomic mass is 10.2. The number of aryl methyl sites for hydroxylation is 1. The molecular formula is C18H22N4O2. The van der Waals surface area contributed by atoms with E-state index < -0.39 is 0 Å². The van der Waals surface area contributed by atoms with E-state index >= 15 is 0 Å². The molecule has 3 rings (SSSR count). The highest BCUT2D eigenvalue weighted by atomic mass is 16.2. The molecule has 0 bridgehead atoms. The minimum atomic E-state index is -0.281. The SMILES string of the molecule is Cc1cc(C(=O)Nc2ccc(N3CCN(C)CC3)cc2)cc(=O)[nH]1. The Bertz CT molecular complexity index is 774. The van der Waals surface area contributed by atoms with Crippen LogP contribution in [-0.2, 0) is 0 Å². The molecule has 2 aromatic rings. The van der Waals surface area contributed by atoms with Gasteiger partial charge in [-0.2, -0.15) is 0 Å². The summed E-state index contributed by atoms with van der Waals surface area (Å²) in [5.41, 5.74) is 2.63. The maximum absolute atomic E-state index is 12.3. The van der Waals surface area contributed by atoms with Gasteiger partial charge in [0.05, 0.1) is 0 Å². The summed E-state index contributed by atoms with van der Waals surface area (Å²) in [6.07, 6.45) is 0. The monoisotopic (exact) mass is 326 g/mol. The number of H-pyrrole nitrogens is 1. The zero-order valence-corrected chi connectivity index (χ0v) is 14.0. The molecule has 1 saturated heterocycles. The third kappa shape index (κ3) is 3.83. The van der Waals surface area contributed by atoms with E-state index in [0.717, 1.165) is 37.6 Å². The summed E-state index contributed by atoms with van der Waals surface area (Å²) in [5.74, 6) is -0.281. The zero-order valence-electron chi connectivity index (χ0n) is 14.0. The molecule has 2 heterocycles. The minimum Gasteiger partial charge on any atom is -0.369 e. The zero-order chi connectivity index (χ0) is 17.1. The number of rotatable bonds is 3. The van der Waals surface area contributed by atoms with Gasteiger partial charge in [0.25, 0.3) is 5.91 Å². The summed E-state index contributed by atoms with van der Waals surface area (Å²) in [6, 6.07) is 10.8. The largest absolute Gasteiger partial charge is 0.369 e. The van der Waals surface area contributed by atoms with Gasteiger partial charge in [0.1, 0.15) is 0 Å². The number of nitrogens with one attached hydrogen (secondary N) is 2. The molecule has 126 valence electrons. The van der Waals surface area contributed by atoms with Gasteiger partial charge in [-0.1, -0.05) is 0 Å². The fourth-order valence-electron chi connectivity index (χ4n) is 2.84. The van der Waals surface area contributed by atoms with Crippen LogP contribution in [0, 0.1) is 6.92 Å². The molecule has 1 aliphatic rings. The highest BCUT2D eigenvalue weighted by Gasteiger charge is 2.14. The molecule has 0 atom stereocenters. The summed E-state index contributed by atoms with van der Waals surface area (Å²) in [7, 11) is 2.13. The molecule has 1 fully saturated rings. The van der Waals surface area contributed by atoms with Crippen molar-refractivity contribution >= 4 is 17.3 Å². The molecule has 1 aromatic carbocycles. The Morgan fingerprint density at radius 2 is 1.75 bits per heavy atom. The molecule has 24 heavy (non-hydrogen) atoms. The molecular weight excluding hydrogens is 304 g/mol. The van der Waals surface area contributed by atoms with Gasteiger partial charge < -0.3 is 20.1 Å². The van der Waals surface area contributed by atoms with Crippen molar-refractivity contribution in [2.24, 2.45) is 0 Å². The second-order valence-electron chi connectivity index (χ2n) is 6.21. The molecule has 1 amide bonds. The molecule has 0 unspecified atom stereocenters. The maximum atomic E-state index is 12.3. The summed E-state index contributed by atoms with van der Waals surface area (Å²) in [5, 5.41) is 2.83. The van der Waals surface area contributed by atoms with E-state index in [0.29, 0.717) is 11.3 Å². The van der Waals surface area contributed by atoms with Crippen molar-refractivity contribution in [1.29, 1.82) is 0 Å². The first-order valence-corrected chi connectivity index (χ1v) is 8.07. The van der Waals surface area contributed by atoms with Gasteiger partial charge in [-0.15, -0.1) is 0 Å². The molecule has 1 aliphatic heterocycles. The first-order chi connectivity index (χ1) is 11.5. The van der Waals surface area contributed by atoms with E-state index in [1.807, 2.05) is 24.3 Å². The van der Waals surface area contributed by atoms with Crippen LogP contribution < -0.4 is 15.8 Å². The predicted octanol–water partition coefficient (Wildman–Crippen LogP) is 1.69. The molecule has 2 N–H and O–H groups in total. The average molecular weight is 326 g/mol. The number of hydrogen-bond acceptors (Lipinski definition) is 4. The van der Waals surface area contributed by atoms with E-state index in [1.54, 1.807) is 13.0 Å². The van der Waals surface area contributed by atoms with Crippen molar-refractivity contribution in [3.05, 3.63) is 58.0 Å². The molecule has 0 spiro atoms. The molecule has 0 saturated carbocycles. The van der Waals surface area contributed by atoms with Gasteiger partial charge >= 0.3 is 0 Å². The number of benzene rings is 1. The van der Waals surface area contributed by atoms with Crippen LogP contribution in [0.3, 0.4) is 0 Å². The first kappa shape index (κ1) is 16.3. The van der Waals surface area contributed by atoms with Gasteiger partial charge in [-0.05, 0) is 44.3 Å². The van der Waals surface area contributed by atoms with E-state index in [9.17, 15) is 9.59 Å². The summed E-state index contributed by atoms with van der Waals surface area (Å²) >= 11 is 0. The Kier molecular flexibility index (Phi) is 4.66. The molecule has 6 heteroatoms. The standard InChI is InChI=1S/C18H22N4O2/c1-13-11-14(12-17(23)19-13)18(24)20-15-3-5-16(6-4-15)22-9-7-21(2)8-10-22/h3-6,11-12H,7-10H2,1-2H3,(H,19,23)(H,20,24). The number of pyridine rings is 1. The number of aromatic amines is 1. The van der Waals surface area contributed by atoms with Crippen LogP contribution in [0.5, 0.6) is 0 Å². The number of aromatic nitrogens is 1. The van der Waals surface area contributed by atoms with Crippen molar-refractivity contribution in [3.8, 4) is 0 Å². The van der Waals surface area contributed by atoms with Crippen molar-refractivity contribution < 1.29 is 4.79 Å². The average Bonchev–Trinajstić information content (AvgIpc) is 2.55. The predicted molar refractivity (Wildman–Crippen MR) is 95.9 cm³/mol. The number of piperazine rings is 1. The summed E-state index contributed by atoms with van der Waals surface area (Å²) < 4.78 is 0. The number of amides is 1. The number of anilines is 2. The van der Waals surface area contributed by atoms with Crippen LogP contribution >= 0.6 is 0 Å². The van der Waals surface area contributed by atoms with Crippen LogP contribution in [0.4, 0.5) is 11.4 Å². The Hall–Kier alpha value is -2.60. The summed E-state index contributed by atoms with van der Waals surface area (Å²) in [4.78, 5) is 31.0. The summed E-state index contributed by atoms with van der Waals surface area (Å²) in [6.45, 7) is 5.88. The Morgan fingerprint density at radius 3 is 2.38 bits per heavy atom. The van der Waals surface area contributed by atoms with E-state index in [-0.39, 0.29) is 11.5 Å². The smallest absolute Gasteiger partial charge is 0.255 e. The van der Waals surface area contributed by atoms with Crippen LogP contribution in [0.25, 0.3) is 0 Å². The Labute approximate surface area is 141 Å². The third-order valence-electron chi connectivity index (χ3n) is 4.23. The van der Waals surface area contributed by atoms with E-state index in [4.69, 9.17) is 0 Å². The van der Waals surface area contributed by atoms with Crippen LogP contribution in [0.1, 0.15) is 16.1 Å². The second-order valence-corrected chi connectivity index (χ2v) is 6.21. The minimum absolute atomic E-state index is 0.273. The van der Waals surface area contributed by atoms with Gasteiger partial charge in [0.2, 0.25) is 5.56 Å². The van der Waals surface area contributed by atoms with E-state index in [2.05, 4.69) is 27.1 Å². The number of likely N-dealkylation sites (N-methyl/N-ethyl adjacent to an activating group) is 1. The van der Waals surface area contributed by atoms with Crippen LogP contribution in [0.15, 0.2) is 41.2 Å². The highest BCUT2D eigenvalue weighted by Crippen LogP contribution is 2.19. The lowest BCUT2D eigenvalue weighted by molar-refractivity contribution is 0.102. The van der Waals surface area contributed by atoms with Crippen LogP contribution in [-0.4, -0.2) is 49.0 Å². The van der Waals surface area contributed by atoms with Gasteiger partial charge in [-0.25, -0.2) is 0 Å². The molecule has 1 aromatic heterocycles. The number of carbonyl (C=O) groups is 1. The lowest BCUT2D eigenvalue weighted by Gasteiger charge is -2.34. The normalized spacial score (nSPS) is 15.3. The fourth-order valence-corrected chi connectivity index (χ4v) is 2.84. The van der Waals surface area contributed by atoms with Crippen molar-refractivity contribution in [3.63, 3.8) is 0 Å². The van der Waals surface area contributed by atoms with Crippen molar-refractivity contribution in [2.75, 3.05) is 43.4 Å². The van der Waals surface area contributed by atoms with Crippen molar-refractivity contribution in [1.82, 2.24) is 9.88 Å². The fraction of sp³-hybridized carbons (Fsp3) is 0.333. The quantitative estimate of drug-likeness (QED) is 0.901. The third-order valence-corrected chi connectivity index (χ3v) is 4.23. The van der Waals surface area contributed by atoms with Crippen LogP contribution in [0.2, 0.25) is 0 Å². The highest BCUT2D eigenvalue weighted by molar-refractivity contribution is 6.04.